The van der Waals surface area contributed by atoms with Gasteiger partial charge in [0.05, 0.1) is 6.10 Å². The van der Waals surface area contributed by atoms with Gasteiger partial charge in [-0.1, -0.05) is 30.3 Å². The van der Waals surface area contributed by atoms with Gasteiger partial charge in [0.25, 0.3) is 0 Å². The van der Waals surface area contributed by atoms with Crippen molar-refractivity contribution in [1.82, 2.24) is 5.32 Å². The minimum absolute atomic E-state index is 0.149. The molecule has 0 spiro atoms. The molecule has 1 saturated heterocycles. The highest BCUT2D eigenvalue weighted by Crippen LogP contribution is 2.31. The first kappa shape index (κ1) is 14.1. The number of nitrogens with one attached hydrogen (secondary N) is 1. The topological polar surface area (TPSA) is 30.5 Å². The number of hydrogen-bond acceptors (Lipinski definition) is 3. The van der Waals surface area contributed by atoms with Crippen LogP contribution in [0.15, 0.2) is 54.6 Å². The maximum absolute atomic E-state index is 5.91. The van der Waals surface area contributed by atoms with Crippen molar-refractivity contribution < 1.29 is 9.47 Å². The van der Waals surface area contributed by atoms with Gasteiger partial charge >= 0.3 is 0 Å². The van der Waals surface area contributed by atoms with E-state index < -0.39 is 0 Å². The average molecular weight is 283 g/mol. The lowest BCUT2D eigenvalue weighted by molar-refractivity contribution is 0.00146. The minimum Gasteiger partial charge on any atom is -0.457 e. The maximum Gasteiger partial charge on any atom is 0.127 e. The van der Waals surface area contributed by atoms with Crippen LogP contribution in [-0.4, -0.2) is 19.7 Å². The van der Waals surface area contributed by atoms with Crippen molar-refractivity contribution in [3.63, 3.8) is 0 Å². The van der Waals surface area contributed by atoms with Crippen LogP contribution in [-0.2, 0) is 4.74 Å². The van der Waals surface area contributed by atoms with Gasteiger partial charge in [-0.2, -0.15) is 0 Å². The van der Waals surface area contributed by atoms with Crippen molar-refractivity contribution in [2.45, 2.75) is 25.0 Å². The molecule has 110 valence electrons. The zero-order valence-electron chi connectivity index (χ0n) is 12.3. The standard InChI is InChI=1S/C18H21NO2/c1-19-15-10-11-20-18(13-15)14-6-5-9-17(12-14)21-16-7-3-2-4-8-16/h2-9,12,15,18-19H,10-11,13H2,1H3. The van der Waals surface area contributed by atoms with E-state index in [2.05, 4.69) is 17.4 Å². The predicted molar refractivity (Wildman–Crippen MR) is 83.7 cm³/mol. The minimum atomic E-state index is 0.149. The molecule has 1 N–H and O–H groups in total. The molecule has 0 radical (unpaired) electrons. The lowest BCUT2D eigenvalue weighted by Crippen LogP contribution is -2.33. The van der Waals surface area contributed by atoms with Crippen molar-refractivity contribution in [2.75, 3.05) is 13.7 Å². The zero-order valence-corrected chi connectivity index (χ0v) is 12.3. The Morgan fingerprint density at radius 1 is 1.05 bits per heavy atom. The highest BCUT2D eigenvalue weighted by molar-refractivity contribution is 5.34. The summed E-state index contributed by atoms with van der Waals surface area (Å²) in [5.41, 5.74) is 1.18. The lowest BCUT2D eigenvalue weighted by atomic mass is 9.97. The Morgan fingerprint density at radius 3 is 2.67 bits per heavy atom. The Morgan fingerprint density at radius 2 is 1.86 bits per heavy atom. The van der Waals surface area contributed by atoms with E-state index in [1.165, 1.54) is 5.56 Å². The first-order valence-electron chi connectivity index (χ1n) is 7.47. The summed E-state index contributed by atoms with van der Waals surface area (Å²) in [6, 6.07) is 18.6. The monoisotopic (exact) mass is 283 g/mol. The van der Waals surface area contributed by atoms with Crippen molar-refractivity contribution in [1.29, 1.82) is 0 Å². The summed E-state index contributed by atoms with van der Waals surface area (Å²) in [5, 5.41) is 3.35. The maximum atomic E-state index is 5.91. The number of benzene rings is 2. The lowest BCUT2D eigenvalue weighted by Gasteiger charge is -2.29. The van der Waals surface area contributed by atoms with Gasteiger partial charge in [0.1, 0.15) is 11.5 Å². The van der Waals surface area contributed by atoms with Crippen LogP contribution in [0.1, 0.15) is 24.5 Å². The molecule has 1 aliphatic heterocycles. The molecule has 21 heavy (non-hydrogen) atoms. The van der Waals surface area contributed by atoms with Crippen LogP contribution < -0.4 is 10.1 Å². The highest BCUT2D eigenvalue weighted by atomic mass is 16.5. The van der Waals surface area contributed by atoms with Crippen LogP contribution in [0.25, 0.3) is 0 Å². The van der Waals surface area contributed by atoms with Crippen LogP contribution >= 0.6 is 0 Å². The van der Waals surface area contributed by atoms with Crippen molar-refractivity contribution in [3.8, 4) is 11.5 Å². The normalized spacial score (nSPS) is 22.0. The molecule has 1 aliphatic rings. The molecule has 0 aliphatic carbocycles. The van der Waals surface area contributed by atoms with Crippen LogP contribution in [0, 0.1) is 0 Å². The van der Waals surface area contributed by atoms with Crippen molar-refractivity contribution in [2.24, 2.45) is 0 Å². The molecule has 2 atom stereocenters. The van der Waals surface area contributed by atoms with E-state index in [0.717, 1.165) is 30.9 Å². The van der Waals surface area contributed by atoms with Crippen LogP contribution in [0.3, 0.4) is 0 Å². The second kappa shape index (κ2) is 6.74. The molecule has 0 amide bonds. The van der Waals surface area contributed by atoms with Gasteiger partial charge in [0.15, 0.2) is 0 Å². The second-order valence-corrected chi connectivity index (χ2v) is 5.36. The van der Waals surface area contributed by atoms with E-state index in [-0.39, 0.29) is 6.10 Å². The fourth-order valence-corrected chi connectivity index (χ4v) is 2.69. The molecule has 0 saturated carbocycles. The molecular formula is C18H21NO2. The van der Waals surface area contributed by atoms with E-state index >= 15 is 0 Å². The number of hydrogen-bond donors (Lipinski definition) is 1. The Bertz CT molecular complexity index is 570. The fraction of sp³-hybridized carbons (Fsp3) is 0.333. The highest BCUT2D eigenvalue weighted by Gasteiger charge is 2.23. The van der Waals surface area contributed by atoms with Crippen LogP contribution in [0.2, 0.25) is 0 Å². The molecule has 2 aromatic rings. The summed E-state index contributed by atoms with van der Waals surface area (Å²) < 4.78 is 11.8. The van der Waals surface area contributed by atoms with Gasteiger partial charge in [-0.3, -0.25) is 0 Å². The SMILES string of the molecule is CNC1CCOC(c2cccc(Oc3ccccc3)c2)C1. The third-order valence-corrected chi connectivity index (χ3v) is 3.90. The average Bonchev–Trinajstić information content (AvgIpc) is 2.56. The summed E-state index contributed by atoms with van der Waals surface area (Å²) in [6.07, 6.45) is 2.23. The van der Waals surface area contributed by atoms with E-state index in [1.54, 1.807) is 0 Å². The summed E-state index contributed by atoms with van der Waals surface area (Å²) in [4.78, 5) is 0. The first-order chi connectivity index (χ1) is 10.3. The van der Waals surface area contributed by atoms with Gasteiger partial charge in [0.2, 0.25) is 0 Å². The number of para-hydroxylation sites is 1. The smallest absolute Gasteiger partial charge is 0.127 e. The quantitative estimate of drug-likeness (QED) is 0.922. The zero-order chi connectivity index (χ0) is 14.5. The third kappa shape index (κ3) is 3.63. The van der Waals surface area contributed by atoms with Gasteiger partial charge in [-0.25, -0.2) is 0 Å². The van der Waals surface area contributed by atoms with E-state index in [0.29, 0.717) is 6.04 Å². The van der Waals surface area contributed by atoms with Gasteiger partial charge in [0, 0.05) is 12.6 Å². The van der Waals surface area contributed by atoms with Gasteiger partial charge in [-0.05, 0) is 49.7 Å². The Balaban J connectivity index is 1.74. The van der Waals surface area contributed by atoms with Gasteiger partial charge < -0.3 is 14.8 Å². The van der Waals surface area contributed by atoms with Crippen LogP contribution in [0.5, 0.6) is 11.5 Å². The Hall–Kier alpha value is -1.84. The third-order valence-electron chi connectivity index (χ3n) is 3.90. The molecule has 3 heteroatoms. The van der Waals surface area contributed by atoms with E-state index in [4.69, 9.17) is 9.47 Å². The summed E-state index contributed by atoms with van der Waals surface area (Å²) in [5.74, 6) is 1.71. The molecule has 0 bridgehead atoms. The fourth-order valence-electron chi connectivity index (χ4n) is 2.69. The van der Waals surface area contributed by atoms with E-state index in [1.807, 2.05) is 49.5 Å². The number of rotatable bonds is 4. The predicted octanol–water partition coefficient (Wildman–Crippen LogP) is 3.92. The number of ether oxygens (including phenoxy) is 2. The van der Waals surface area contributed by atoms with E-state index in [9.17, 15) is 0 Å². The van der Waals surface area contributed by atoms with Gasteiger partial charge in [-0.15, -0.1) is 0 Å². The largest absolute Gasteiger partial charge is 0.457 e. The molecule has 3 rings (SSSR count). The second-order valence-electron chi connectivity index (χ2n) is 5.36. The van der Waals surface area contributed by atoms with Crippen molar-refractivity contribution >= 4 is 0 Å². The molecule has 1 heterocycles. The molecule has 0 aromatic heterocycles. The molecule has 2 aromatic carbocycles. The summed E-state index contributed by atoms with van der Waals surface area (Å²) in [6.45, 7) is 0.805. The Kier molecular flexibility index (Phi) is 4.53. The van der Waals surface area contributed by atoms with Crippen LogP contribution in [0.4, 0.5) is 0 Å². The van der Waals surface area contributed by atoms with Crippen molar-refractivity contribution in [3.05, 3.63) is 60.2 Å². The summed E-state index contributed by atoms with van der Waals surface area (Å²) in [7, 11) is 2.02. The first-order valence-corrected chi connectivity index (χ1v) is 7.47. The summed E-state index contributed by atoms with van der Waals surface area (Å²) >= 11 is 0. The molecule has 3 nitrogen and oxygen atoms in total. The molecule has 2 unspecified atom stereocenters. The molecular weight excluding hydrogens is 262 g/mol. The molecule has 1 fully saturated rings. The Labute approximate surface area is 125 Å².